The molecule has 276 valence electrons. The van der Waals surface area contributed by atoms with Crippen molar-refractivity contribution in [1.82, 2.24) is 4.57 Å². The summed E-state index contributed by atoms with van der Waals surface area (Å²) in [5.74, 6) is 0.773. The van der Waals surface area contributed by atoms with Crippen LogP contribution in [0.4, 0.5) is 0 Å². The van der Waals surface area contributed by atoms with Crippen LogP contribution in [-0.4, -0.2) is 10.3 Å². The van der Waals surface area contributed by atoms with Crippen LogP contribution >= 0.6 is 11.3 Å². The molecule has 1 aliphatic heterocycles. The van der Waals surface area contributed by atoms with Gasteiger partial charge in [0, 0.05) is 53.0 Å². The number of hydrogen-bond donors (Lipinski definition) is 0. The molecule has 0 saturated heterocycles. The zero-order chi connectivity index (χ0) is 38.3. The maximum absolute atomic E-state index is 7.00. The van der Waals surface area contributed by atoms with E-state index in [0.29, 0.717) is 11.8 Å². The fourth-order valence-corrected chi connectivity index (χ4v) is 11.0. The van der Waals surface area contributed by atoms with Gasteiger partial charge in [-0.05, 0) is 70.8 Å². The molecule has 0 saturated carbocycles. The number of rotatable bonds is 5. The minimum absolute atomic E-state index is 0.106. The fraction of sp³-hybridized carbons (Fsp3) is 0.0926. The van der Waals surface area contributed by atoms with Crippen LogP contribution in [0, 0.1) is 5.92 Å². The second-order valence-corrected chi connectivity index (χ2v) is 16.9. The van der Waals surface area contributed by atoms with Gasteiger partial charge in [0.25, 0.3) is 0 Å². The van der Waals surface area contributed by atoms with Gasteiger partial charge < -0.3 is 8.98 Å². The number of fused-ring (bicyclic) bond motifs is 9. The molecule has 0 spiro atoms. The van der Waals surface area contributed by atoms with Crippen LogP contribution in [0.25, 0.3) is 80.7 Å². The summed E-state index contributed by atoms with van der Waals surface area (Å²) in [6.45, 7) is 2.37. The summed E-state index contributed by atoms with van der Waals surface area (Å²) in [4.78, 5) is 5.50. The number of furan rings is 1. The van der Waals surface area contributed by atoms with Crippen molar-refractivity contribution in [1.29, 1.82) is 0 Å². The normalized spacial score (nSPS) is 17.3. The number of aliphatic imine (C=N–C) groups is 1. The minimum atomic E-state index is 0.106. The van der Waals surface area contributed by atoms with Crippen molar-refractivity contribution in [3.05, 3.63) is 199 Å². The molecular weight excluding hydrogens is 725 g/mol. The molecule has 12 rings (SSSR count). The van der Waals surface area contributed by atoms with Crippen LogP contribution in [0.15, 0.2) is 191 Å². The maximum Gasteiger partial charge on any atom is 0.159 e. The molecule has 3 aromatic heterocycles. The molecule has 0 fully saturated rings. The molecule has 4 heteroatoms. The molecule has 1 aliphatic rings. The SMILES string of the molecule is CC1C(c2ccccc2)N=C(c2ccc3c(c2)sc2cc(-c4cccc5c4oc4c(-n6c7ccccc7c7ccccc76)cccc45)ccc23)C[C@H]1c1ccccc1. The first-order chi connectivity index (χ1) is 28.7. The lowest BCUT2D eigenvalue weighted by Crippen LogP contribution is -2.26. The Morgan fingerprint density at radius 2 is 1.09 bits per heavy atom. The molecule has 0 aliphatic carbocycles. The number of hydrogen-bond acceptors (Lipinski definition) is 3. The van der Waals surface area contributed by atoms with Crippen molar-refractivity contribution in [3.63, 3.8) is 0 Å². The standard InChI is InChI=1S/C54H38N2OS/c1-33-45(34-14-4-2-5-15-34)32-46(55-52(33)35-16-6-3-7-17-35)37-27-29-42-41-28-26-36(30-50(41)58-51(42)31-37)38-20-12-21-43-44-22-13-25-49(54(44)57-53(38)43)56-47-23-10-8-18-39(47)40-19-9-11-24-48(40)56/h2-31,33,45,52H,32H2,1H3/t33?,45-,52?/m1/s1. The Bertz CT molecular complexity index is 3350. The first kappa shape index (κ1) is 33.4. The molecule has 3 nitrogen and oxygen atoms in total. The van der Waals surface area contributed by atoms with E-state index < -0.39 is 0 Å². The summed E-state index contributed by atoms with van der Waals surface area (Å²) in [5.41, 5.74) is 12.6. The smallest absolute Gasteiger partial charge is 0.159 e. The zero-order valence-electron chi connectivity index (χ0n) is 32.0. The lowest BCUT2D eigenvalue weighted by Gasteiger charge is -2.35. The zero-order valence-corrected chi connectivity index (χ0v) is 32.8. The molecular formula is C54H38N2OS. The predicted molar refractivity (Wildman–Crippen MR) is 245 cm³/mol. The van der Waals surface area contributed by atoms with E-state index in [4.69, 9.17) is 9.41 Å². The van der Waals surface area contributed by atoms with E-state index in [1.807, 2.05) is 11.3 Å². The number of nitrogens with zero attached hydrogens (tertiary/aromatic N) is 2. The third-order valence-electron chi connectivity index (χ3n) is 12.7. The molecule has 0 N–H and O–H groups in total. The monoisotopic (exact) mass is 762 g/mol. The Balaban J connectivity index is 0.960. The van der Waals surface area contributed by atoms with Crippen LogP contribution in [-0.2, 0) is 0 Å². The third kappa shape index (κ3) is 5.15. The molecule has 3 atom stereocenters. The summed E-state index contributed by atoms with van der Waals surface area (Å²) >= 11 is 1.87. The number of thiophene rings is 1. The van der Waals surface area contributed by atoms with E-state index in [1.165, 1.54) is 64.4 Å². The Morgan fingerprint density at radius 3 is 1.79 bits per heavy atom. The molecule has 2 unspecified atom stereocenters. The van der Waals surface area contributed by atoms with Gasteiger partial charge in [0.2, 0.25) is 0 Å². The van der Waals surface area contributed by atoms with E-state index in [-0.39, 0.29) is 6.04 Å². The van der Waals surface area contributed by atoms with Gasteiger partial charge in [-0.25, -0.2) is 0 Å². The number of benzene rings is 8. The average Bonchev–Trinajstić information content (AvgIpc) is 3.96. The highest BCUT2D eigenvalue weighted by Gasteiger charge is 2.34. The van der Waals surface area contributed by atoms with Crippen molar-refractivity contribution in [3.8, 4) is 16.8 Å². The van der Waals surface area contributed by atoms with Crippen molar-refractivity contribution in [2.75, 3.05) is 0 Å². The van der Waals surface area contributed by atoms with Gasteiger partial charge in [-0.2, -0.15) is 0 Å². The Hall–Kier alpha value is -6.75. The van der Waals surface area contributed by atoms with Gasteiger partial charge >= 0.3 is 0 Å². The van der Waals surface area contributed by atoms with Crippen LogP contribution in [0.2, 0.25) is 0 Å². The lowest BCUT2D eigenvalue weighted by molar-refractivity contribution is 0.375. The highest BCUT2D eigenvalue weighted by molar-refractivity contribution is 7.25. The Morgan fingerprint density at radius 1 is 0.517 bits per heavy atom. The van der Waals surface area contributed by atoms with E-state index in [0.717, 1.165) is 45.2 Å². The predicted octanol–water partition coefficient (Wildman–Crippen LogP) is 15.1. The molecule has 8 aromatic carbocycles. The first-order valence-corrected chi connectivity index (χ1v) is 21.1. The molecule has 11 aromatic rings. The number of para-hydroxylation sites is 4. The average molecular weight is 763 g/mol. The Labute approximate surface area is 340 Å². The van der Waals surface area contributed by atoms with Gasteiger partial charge in [-0.15, -0.1) is 11.3 Å². The molecule has 0 amide bonds. The fourth-order valence-electron chi connectivity index (χ4n) is 9.81. The van der Waals surface area contributed by atoms with Gasteiger partial charge in [0.1, 0.15) is 5.58 Å². The summed E-state index contributed by atoms with van der Waals surface area (Å²) in [6.07, 6.45) is 0.926. The van der Waals surface area contributed by atoms with E-state index >= 15 is 0 Å². The summed E-state index contributed by atoms with van der Waals surface area (Å²) in [6, 6.07) is 66.3. The van der Waals surface area contributed by atoms with Crippen LogP contribution in [0.3, 0.4) is 0 Å². The van der Waals surface area contributed by atoms with Crippen molar-refractivity contribution in [2.45, 2.75) is 25.3 Å². The summed E-state index contributed by atoms with van der Waals surface area (Å²) in [7, 11) is 0. The Kier molecular flexibility index (Phi) is 7.58. The molecule has 4 heterocycles. The summed E-state index contributed by atoms with van der Waals surface area (Å²) < 4.78 is 11.9. The van der Waals surface area contributed by atoms with Crippen molar-refractivity contribution < 1.29 is 4.42 Å². The molecule has 0 radical (unpaired) electrons. The van der Waals surface area contributed by atoms with Gasteiger partial charge in [-0.3, -0.25) is 4.99 Å². The lowest BCUT2D eigenvalue weighted by atomic mass is 9.74. The maximum atomic E-state index is 7.00. The molecule has 0 bridgehead atoms. The van der Waals surface area contributed by atoms with Crippen LogP contribution in [0.1, 0.15) is 42.0 Å². The topological polar surface area (TPSA) is 30.4 Å². The summed E-state index contributed by atoms with van der Waals surface area (Å²) in [5, 5.41) is 7.30. The van der Waals surface area contributed by atoms with Gasteiger partial charge in [0.05, 0.1) is 22.8 Å². The van der Waals surface area contributed by atoms with E-state index in [2.05, 4.69) is 193 Å². The largest absolute Gasteiger partial charge is 0.453 e. The van der Waals surface area contributed by atoms with Crippen molar-refractivity contribution >= 4 is 81.0 Å². The quantitative estimate of drug-likeness (QED) is 0.172. The molecule has 58 heavy (non-hydrogen) atoms. The number of aromatic nitrogens is 1. The highest BCUT2D eigenvalue weighted by atomic mass is 32.1. The minimum Gasteiger partial charge on any atom is -0.453 e. The van der Waals surface area contributed by atoms with E-state index in [1.54, 1.807) is 0 Å². The van der Waals surface area contributed by atoms with Gasteiger partial charge in [0.15, 0.2) is 5.58 Å². The third-order valence-corrected chi connectivity index (χ3v) is 13.8. The first-order valence-electron chi connectivity index (χ1n) is 20.2. The van der Waals surface area contributed by atoms with E-state index in [9.17, 15) is 0 Å². The van der Waals surface area contributed by atoms with Crippen molar-refractivity contribution in [2.24, 2.45) is 10.9 Å². The highest BCUT2D eigenvalue weighted by Crippen LogP contribution is 2.46. The second kappa shape index (κ2) is 13.2. The second-order valence-electron chi connectivity index (χ2n) is 15.8. The van der Waals surface area contributed by atoms with Gasteiger partial charge in [-0.1, -0.05) is 159 Å². The van der Waals surface area contributed by atoms with Crippen LogP contribution < -0.4 is 0 Å². The van der Waals surface area contributed by atoms with Crippen LogP contribution in [0.5, 0.6) is 0 Å².